The van der Waals surface area contributed by atoms with Gasteiger partial charge in [0, 0.05) is 18.5 Å². The predicted molar refractivity (Wildman–Crippen MR) is 126 cm³/mol. The van der Waals surface area contributed by atoms with E-state index in [1.54, 1.807) is 12.1 Å². The van der Waals surface area contributed by atoms with Gasteiger partial charge in [-0.25, -0.2) is 0 Å². The van der Waals surface area contributed by atoms with Crippen molar-refractivity contribution in [2.45, 2.75) is 45.5 Å². The summed E-state index contributed by atoms with van der Waals surface area (Å²) in [4.78, 5) is 40.4. The zero-order valence-corrected chi connectivity index (χ0v) is 19.1. The van der Waals surface area contributed by atoms with Gasteiger partial charge in [0.15, 0.2) is 0 Å². The van der Waals surface area contributed by atoms with Gasteiger partial charge in [-0.15, -0.1) is 0 Å². The van der Waals surface area contributed by atoms with Gasteiger partial charge in [-0.1, -0.05) is 62.4 Å². The molecule has 0 aliphatic carbocycles. The van der Waals surface area contributed by atoms with Gasteiger partial charge in [-0.05, 0) is 42.4 Å². The van der Waals surface area contributed by atoms with E-state index in [1.165, 1.54) is 4.90 Å². The molecule has 0 saturated heterocycles. The standard InChI is InChI=1S/C25H31BN2O5/c1-17(2)14-22(26(32)33)27-24(30)20(15-18-8-4-3-5-9-18)16-23(29)28-13-12-19-10-6-7-11-21(19)25(28)31/h3-11,17,20,22,32-33H,12-16H2,1-2H3,(H,27,30)/t20-,22+/m1/s1. The Morgan fingerprint density at radius 2 is 1.73 bits per heavy atom. The van der Waals surface area contributed by atoms with E-state index in [2.05, 4.69) is 5.32 Å². The molecule has 1 heterocycles. The first-order chi connectivity index (χ1) is 15.8. The average molecular weight is 450 g/mol. The normalized spacial score (nSPS) is 15.1. The molecule has 0 radical (unpaired) electrons. The van der Waals surface area contributed by atoms with E-state index in [4.69, 9.17) is 0 Å². The SMILES string of the molecule is CC(C)C[C@H](NC(=O)[C@@H](CC(=O)N1CCc2ccccc2C1=O)Cc1ccccc1)B(O)O. The average Bonchev–Trinajstić information content (AvgIpc) is 2.78. The fourth-order valence-electron chi connectivity index (χ4n) is 4.20. The highest BCUT2D eigenvalue weighted by Crippen LogP contribution is 2.22. The van der Waals surface area contributed by atoms with Gasteiger partial charge in [0.1, 0.15) is 0 Å². The van der Waals surface area contributed by atoms with Crippen LogP contribution in [0.1, 0.15) is 48.2 Å². The number of fused-ring (bicyclic) bond motifs is 1. The zero-order valence-electron chi connectivity index (χ0n) is 19.1. The van der Waals surface area contributed by atoms with Gasteiger partial charge in [-0.2, -0.15) is 0 Å². The Kier molecular flexibility index (Phi) is 8.41. The van der Waals surface area contributed by atoms with Crippen LogP contribution in [-0.4, -0.2) is 52.3 Å². The van der Waals surface area contributed by atoms with Crippen molar-refractivity contribution < 1.29 is 24.4 Å². The van der Waals surface area contributed by atoms with Gasteiger partial charge >= 0.3 is 7.12 Å². The second-order valence-electron chi connectivity index (χ2n) is 9.01. The van der Waals surface area contributed by atoms with Gasteiger partial charge in [-0.3, -0.25) is 19.3 Å². The summed E-state index contributed by atoms with van der Waals surface area (Å²) in [5.74, 6) is -2.64. The maximum Gasteiger partial charge on any atom is 0.475 e. The third-order valence-electron chi connectivity index (χ3n) is 5.93. The van der Waals surface area contributed by atoms with Crippen molar-refractivity contribution in [3.8, 4) is 0 Å². The number of hydrogen-bond donors (Lipinski definition) is 3. The van der Waals surface area contributed by atoms with Crippen LogP contribution in [0.25, 0.3) is 0 Å². The van der Waals surface area contributed by atoms with Crippen LogP contribution in [0.2, 0.25) is 0 Å². The highest BCUT2D eigenvalue weighted by Gasteiger charge is 2.34. The van der Waals surface area contributed by atoms with E-state index in [9.17, 15) is 24.4 Å². The minimum Gasteiger partial charge on any atom is -0.426 e. The maximum atomic E-state index is 13.2. The van der Waals surface area contributed by atoms with Crippen LogP contribution in [0, 0.1) is 11.8 Å². The molecule has 0 fully saturated rings. The van der Waals surface area contributed by atoms with Gasteiger partial charge in [0.05, 0.1) is 11.9 Å². The van der Waals surface area contributed by atoms with E-state index in [0.717, 1.165) is 11.1 Å². The molecular weight excluding hydrogens is 419 g/mol. The first kappa shape index (κ1) is 24.7. The molecular formula is C25H31BN2O5. The zero-order chi connectivity index (χ0) is 24.0. The van der Waals surface area contributed by atoms with E-state index in [-0.39, 0.29) is 24.8 Å². The highest BCUT2D eigenvalue weighted by molar-refractivity contribution is 6.43. The van der Waals surface area contributed by atoms with Crippen LogP contribution in [0.5, 0.6) is 0 Å². The summed E-state index contributed by atoms with van der Waals surface area (Å²) in [5, 5.41) is 22.1. The second kappa shape index (κ2) is 11.3. The minimum absolute atomic E-state index is 0.136. The Labute approximate surface area is 195 Å². The van der Waals surface area contributed by atoms with Crippen molar-refractivity contribution >= 4 is 24.8 Å². The van der Waals surface area contributed by atoms with E-state index >= 15 is 0 Å². The minimum atomic E-state index is -1.70. The van der Waals surface area contributed by atoms with Crippen LogP contribution in [-0.2, 0) is 22.4 Å². The Morgan fingerprint density at radius 3 is 2.39 bits per heavy atom. The maximum absolute atomic E-state index is 13.2. The van der Waals surface area contributed by atoms with Crippen molar-refractivity contribution in [3.05, 3.63) is 71.3 Å². The molecule has 0 unspecified atom stereocenters. The topological polar surface area (TPSA) is 107 Å². The van der Waals surface area contributed by atoms with Crippen LogP contribution in [0.4, 0.5) is 0 Å². The Balaban J connectivity index is 1.77. The fraction of sp³-hybridized carbons (Fsp3) is 0.400. The van der Waals surface area contributed by atoms with E-state index in [0.29, 0.717) is 24.8 Å². The molecule has 1 aliphatic heterocycles. The van der Waals surface area contributed by atoms with E-state index < -0.39 is 30.8 Å². The number of nitrogens with zero attached hydrogens (tertiary/aromatic N) is 1. The summed E-state index contributed by atoms with van der Waals surface area (Å²) in [7, 11) is -1.70. The molecule has 0 spiro atoms. The summed E-state index contributed by atoms with van der Waals surface area (Å²) >= 11 is 0. The molecule has 7 nitrogen and oxygen atoms in total. The van der Waals surface area contributed by atoms with Crippen molar-refractivity contribution in [2.75, 3.05) is 6.54 Å². The van der Waals surface area contributed by atoms with Gasteiger partial charge in [0.25, 0.3) is 5.91 Å². The highest BCUT2D eigenvalue weighted by atomic mass is 16.4. The molecule has 3 N–H and O–H groups in total. The third kappa shape index (κ3) is 6.52. The molecule has 3 amide bonds. The van der Waals surface area contributed by atoms with Gasteiger partial charge in [0.2, 0.25) is 11.8 Å². The number of carbonyl (C=O) groups is 3. The summed E-state index contributed by atoms with van der Waals surface area (Å²) in [6.07, 6.45) is 1.12. The van der Waals surface area contributed by atoms with Crippen molar-refractivity contribution in [1.82, 2.24) is 10.2 Å². The lowest BCUT2D eigenvalue weighted by atomic mass is 9.74. The number of carbonyl (C=O) groups excluding carboxylic acids is 3. The molecule has 2 aromatic rings. The molecule has 3 rings (SSSR count). The Hall–Kier alpha value is -2.97. The molecule has 2 atom stereocenters. The number of amides is 3. The summed E-state index contributed by atoms with van der Waals surface area (Å²) < 4.78 is 0. The Bertz CT molecular complexity index is 980. The van der Waals surface area contributed by atoms with Crippen molar-refractivity contribution in [2.24, 2.45) is 11.8 Å². The molecule has 0 saturated carbocycles. The van der Waals surface area contributed by atoms with Crippen molar-refractivity contribution in [1.29, 1.82) is 0 Å². The molecule has 174 valence electrons. The number of hydrogen-bond acceptors (Lipinski definition) is 5. The monoisotopic (exact) mass is 450 g/mol. The Morgan fingerprint density at radius 1 is 1.06 bits per heavy atom. The van der Waals surface area contributed by atoms with Crippen LogP contribution in [0.3, 0.4) is 0 Å². The lowest BCUT2D eigenvalue weighted by molar-refractivity contribution is -0.134. The summed E-state index contributed by atoms with van der Waals surface area (Å²) in [6, 6.07) is 16.6. The number of nitrogens with one attached hydrogen (secondary N) is 1. The molecule has 33 heavy (non-hydrogen) atoms. The quantitative estimate of drug-likeness (QED) is 0.507. The van der Waals surface area contributed by atoms with Crippen LogP contribution in [0.15, 0.2) is 54.6 Å². The second-order valence-corrected chi connectivity index (χ2v) is 9.01. The number of benzene rings is 2. The predicted octanol–water partition coefficient (Wildman–Crippen LogP) is 2.00. The molecule has 0 aromatic heterocycles. The molecule has 0 bridgehead atoms. The van der Waals surface area contributed by atoms with Crippen LogP contribution >= 0.6 is 0 Å². The summed E-state index contributed by atoms with van der Waals surface area (Å²) in [5.41, 5.74) is 2.31. The first-order valence-corrected chi connectivity index (χ1v) is 11.4. The van der Waals surface area contributed by atoms with Crippen molar-refractivity contribution in [3.63, 3.8) is 0 Å². The fourth-order valence-corrected chi connectivity index (χ4v) is 4.20. The lowest BCUT2D eigenvalue weighted by Crippen LogP contribution is -2.50. The first-order valence-electron chi connectivity index (χ1n) is 11.4. The number of imide groups is 1. The summed E-state index contributed by atoms with van der Waals surface area (Å²) in [6.45, 7) is 4.12. The van der Waals surface area contributed by atoms with Gasteiger partial charge < -0.3 is 15.4 Å². The lowest BCUT2D eigenvalue weighted by Gasteiger charge is -2.29. The smallest absolute Gasteiger partial charge is 0.426 e. The molecule has 1 aliphatic rings. The third-order valence-corrected chi connectivity index (χ3v) is 5.93. The van der Waals surface area contributed by atoms with Crippen LogP contribution < -0.4 is 5.32 Å². The van der Waals surface area contributed by atoms with E-state index in [1.807, 2.05) is 56.3 Å². The molecule has 2 aromatic carbocycles. The number of rotatable bonds is 9. The molecule has 8 heteroatoms. The largest absolute Gasteiger partial charge is 0.475 e.